The molecule has 8 heteroatoms. The highest BCUT2D eigenvalue weighted by Crippen LogP contribution is 2.44. The number of aromatic nitrogens is 2. The highest BCUT2D eigenvalue weighted by atomic mass is 16.5. The van der Waals surface area contributed by atoms with E-state index in [-0.39, 0.29) is 36.6 Å². The standard InChI is InChI=1S/C27H29N3O5/c1-17-23(30-26(33)24(29-17)13-14-25(31)32)12-6-7-15-28-27(34)35-16-22-20-10-4-2-8-18(20)19-9-3-5-11-21(19)22/h2-5,8-11,22H,6-7,12-16H2,1H3,(H,28,34)(H,30,33)(H,31,32). The Morgan fingerprint density at radius 3 is 2.34 bits per heavy atom. The topological polar surface area (TPSA) is 121 Å². The van der Waals surface area contributed by atoms with Crippen LogP contribution in [0.4, 0.5) is 4.79 Å². The summed E-state index contributed by atoms with van der Waals surface area (Å²) in [6, 6.07) is 16.4. The smallest absolute Gasteiger partial charge is 0.407 e. The number of carbonyl (C=O) groups excluding carboxylic acids is 1. The molecule has 3 N–H and O–H groups in total. The Hall–Kier alpha value is -3.94. The summed E-state index contributed by atoms with van der Waals surface area (Å²) in [5, 5.41) is 11.6. The molecular weight excluding hydrogens is 446 g/mol. The van der Waals surface area contributed by atoms with Crippen molar-refractivity contribution in [3.63, 3.8) is 0 Å². The van der Waals surface area contributed by atoms with Crippen LogP contribution in [0.3, 0.4) is 0 Å². The number of amides is 1. The lowest BCUT2D eigenvalue weighted by molar-refractivity contribution is -0.136. The van der Waals surface area contributed by atoms with Crippen molar-refractivity contribution in [3.05, 3.63) is 87.1 Å². The molecule has 0 fully saturated rings. The van der Waals surface area contributed by atoms with Gasteiger partial charge in [0.05, 0.1) is 12.1 Å². The summed E-state index contributed by atoms with van der Waals surface area (Å²) in [5.41, 5.74) is 6.05. The second kappa shape index (κ2) is 11.0. The van der Waals surface area contributed by atoms with Crippen LogP contribution in [0.15, 0.2) is 53.3 Å². The normalized spacial score (nSPS) is 12.1. The molecule has 0 radical (unpaired) electrons. The van der Waals surface area contributed by atoms with Crippen LogP contribution < -0.4 is 10.9 Å². The monoisotopic (exact) mass is 475 g/mol. The average Bonchev–Trinajstić information content (AvgIpc) is 3.17. The van der Waals surface area contributed by atoms with E-state index in [0.717, 1.165) is 12.1 Å². The number of nitrogens with one attached hydrogen (secondary N) is 2. The third-order valence-corrected chi connectivity index (χ3v) is 6.31. The highest BCUT2D eigenvalue weighted by Gasteiger charge is 2.28. The maximum atomic E-state index is 12.3. The zero-order chi connectivity index (χ0) is 24.8. The summed E-state index contributed by atoms with van der Waals surface area (Å²) >= 11 is 0. The Morgan fingerprint density at radius 1 is 1.03 bits per heavy atom. The first kappa shape index (κ1) is 24.2. The molecule has 0 saturated heterocycles. The molecule has 0 saturated carbocycles. The fraction of sp³-hybridized carbons (Fsp3) is 0.333. The molecule has 1 aliphatic rings. The Balaban J connectivity index is 1.21. The Morgan fingerprint density at radius 2 is 1.69 bits per heavy atom. The number of benzene rings is 2. The summed E-state index contributed by atoms with van der Waals surface area (Å²) < 4.78 is 5.54. The van der Waals surface area contributed by atoms with Crippen LogP contribution in [0, 0.1) is 6.92 Å². The number of H-pyrrole nitrogens is 1. The van der Waals surface area contributed by atoms with Crippen molar-refractivity contribution in [2.45, 2.75) is 44.9 Å². The van der Waals surface area contributed by atoms with Gasteiger partial charge in [-0.25, -0.2) is 4.79 Å². The summed E-state index contributed by atoms with van der Waals surface area (Å²) in [7, 11) is 0. The largest absolute Gasteiger partial charge is 0.481 e. The van der Waals surface area contributed by atoms with Gasteiger partial charge in [0.2, 0.25) is 0 Å². The zero-order valence-electron chi connectivity index (χ0n) is 19.7. The number of aromatic amines is 1. The molecular formula is C27H29N3O5. The van der Waals surface area contributed by atoms with E-state index >= 15 is 0 Å². The van der Waals surface area contributed by atoms with Gasteiger partial charge in [-0.15, -0.1) is 0 Å². The van der Waals surface area contributed by atoms with E-state index in [9.17, 15) is 14.4 Å². The number of unbranched alkanes of at least 4 members (excludes halogenated alkanes) is 1. The number of rotatable bonds is 10. The second-order valence-corrected chi connectivity index (χ2v) is 8.68. The van der Waals surface area contributed by atoms with Crippen LogP contribution in [0.25, 0.3) is 11.1 Å². The molecule has 1 heterocycles. The minimum absolute atomic E-state index is 0.0268. The van der Waals surface area contributed by atoms with E-state index in [4.69, 9.17) is 9.84 Å². The number of aliphatic carboxylic acids is 1. The number of carboxylic acids is 1. The van der Waals surface area contributed by atoms with E-state index < -0.39 is 12.1 Å². The van der Waals surface area contributed by atoms with Gasteiger partial charge in [0.15, 0.2) is 0 Å². The number of aryl methyl sites for hydroxylation is 3. The summed E-state index contributed by atoms with van der Waals surface area (Å²) in [6.07, 6.45) is 1.61. The van der Waals surface area contributed by atoms with Crippen LogP contribution in [0.2, 0.25) is 0 Å². The molecule has 0 bridgehead atoms. The van der Waals surface area contributed by atoms with Gasteiger partial charge in [0, 0.05) is 24.6 Å². The number of alkyl carbamates (subject to hydrolysis) is 1. The predicted octanol–water partition coefficient (Wildman–Crippen LogP) is 3.96. The number of carbonyl (C=O) groups is 2. The number of fused-ring (bicyclic) bond motifs is 3. The quantitative estimate of drug-likeness (QED) is 0.382. The maximum absolute atomic E-state index is 12.3. The van der Waals surface area contributed by atoms with Crippen LogP contribution in [0.5, 0.6) is 0 Å². The van der Waals surface area contributed by atoms with Gasteiger partial charge in [-0.05, 0) is 48.4 Å². The lowest BCUT2D eigenvalue weighted by Crippen LogP contribution is -2.27. The van der Waals surface area contributed by atoms with Gasteiger partial charge < -0.3 is 20.1 Å². The maximum Gasteiger partial charge on any atom is 0.407 e. The molecule has 0 unspecified atom stereocenters. The number of hydrogen-bond donors (Lipinski definition) is 3. The molecule has 182 valence electrons. The molecule has 2 aromatic carbocycles. The van der Waals surface area contributed by atoms with Crippen LogP contribution in [0.1, 0.15) is 53.4 Å². The van der Waals surface area contributed by atoms with E-state index in [1.165, 1.54) is 22.3 Å². The van der Waals surface area contributed by atoms with Crippen molar-refractivity contribution in [1.82, 2.24) is 15.3 Å². The van der Waals surface area contributed by atoms with Gasteiger partial charge >= 0.3 is 12.1 Å². The molecule has 3 aromatic rings. The Kier molecular flexibility index (Phi) is 7.60. The van der Waals surface area contributed by atoms with E-state index in [1.807, 2.05) is 24.3 Å². The molecule has 4 rings (SSSR count). The lowest BCUT2D eigenvalue weighted by atomic mass is 9.98. The number of nitrogens with zero attached hydrogens (tertiary/aromatic N) is 1. The Bertz CT molecular complexity index is 1240. The Labute approximate surface area is 203 Å². The first-order chi connectivity index (χ1) is 16.9. The third-order valence-electron chi connectivity index (χ3n) is 6.31. The van der Waals surface area contributed by atoms with Crippen LogP contribution in [-0.4, -0.2) is 40.3 Å². The fourth-order valence-electron chi connectivity index (χ4n) is 4.53. The van der Waals surface area contributed by atoms with E-state index in [2.05, 4.69) is 39.6 Å². The molecule has 35 heavy (non-hydrogen) atoms. The molecule has 8 nitrogen and oxygen atoms in total. The second-order valence-electron chi connectivity index (χ2n) is 8.68. The number of hydrogen-bond acceptors (Lipinski definition) is 5. The fourth-order valence-corrected chi connectivity index (χ4v) is 4.53. The first-order valence-corrected chi connectivity index (χ1v) is 11.8. The van der Waals surface area contributed by atoms with Crippen molar-refractivity contribution in [3.8, 4) is 11.1 Å². The van der Waals surface area contributed by atoms with Gasteiger partial charge in [0.25, 0.3) is 5.56 Å². The summed E-state index contributed by atoms with van der Waals surface area (Å²) in [4.78, 5) is 42.2. The minimum atomic E-state index is -0.961. The van der Waals surface area contributed by atoms with Gasteiger partial charge in [0.1, 0.15) is 12.3 Å². The minimum Gasteiger partial charge on any atom is -0.481 e. The summed E-state index contributed by atoms with van der Waals surface area (Å²) in [5.74, 6) is -0.934. The summed E-state index contributed by atoms with van der Waals surface area (Å²) in [6.45, 7) is 2.54. The van der Waals surface area contributed by atoms with Crippen molar-refractivity contribution in [2.24, 2.45) is 0 Å². The lowest BCUT2D eigenvalue weighted by Gasteiger charge is -2.14. The highest BCUT2D eigenvalue weighted by molar-refractivity contribution is 5.79. The molecule has 0 aliphatic heterocycles. The van der Waals surface area contributed by atoms with Crippen molar-refractivity contribution in [2.75, 3.05) is 13.2 Å². The number of carboxylic acid groups (broad SMARTS) is 1. The van der Waals surface area contributed by atoms with E-state index in [0.29, 0.717) is 25.1 Å². The molecule has 1 amide bonds. The first-order valence-electron chi connectivity index (χ1n) is 11.8. The predicted molar refractivity (Wildman–Crippen MR) is 132 cm³/mol. The molecule has 0 spiro atoms. The van der Waals surface area contributed by atoms with Crippen LogP contribution in [-0.2, 0) is 22.4 Å². The van der Waals surface area contributed by atoms with Crippen molar-refractivity contribution in [1.29, 1.82) is 0 Å². The molecule has 0 atom stereocenters. The zero-order valence-corrected chi connectivity index (χ0v) is 19.7. The van der Waals surface area contributed by atoms with Crippen molar-refractivity contribution >= 4 is 12.1 Å². The SMILES string of the molecule is Cc1nc(CCC(=O)O)c(=O)[nH]c1CCCCNC(=O)OCC1c2ccccc2-c2ccccc21. The third kappa shape index (κ3) is 5.77. The van der Waals surface area contributed by atoms with Gasteiger partial charge in [-0.2, -0.15) is 0 Å². The average molecular weight is 476 g/mol. The number of ether oxygens (including phenoxy) is 1. The van der Waals surface area contributed by atoms with Crippen LogP contribution >= 0.6 is 0 Å². The van der Waals surface area contributed by atoms with E-state index in [1.54, 1.807) is 6.92 Å². The van der Waals surface area contributed by atoms with Gasteiger partial charge in [-0.1, -0.05) is 48.5 Å². The molecule has 1 aliphatic carbocycles. The van der Waals surface area contributed by atoms with Crippen molar-refractivity contribution < 1.29 is 19.4 Å². The van der Waals surface area contributed by atoms with Gasteiger partial charge in [-0.3, -0.25) is 14.6 Å². The molecule has 1 aromatic heterocycles.